The molecule has 0 bridgehead atoms. The number of rotatable bonds is 2. The summed E-state index contributed by atoms with van der Waals surface area (Å²) in [6, 6.07) is -3.69. The number of halogens is 13. The summed E-state index contributed by atoms with van der Waals surface area (Å²) in [6.07, 6.45) is -18.7. The number of aliphatic hydroxyl groups is 1. The lowest BCUT2D eigenvalue weighted by molar-refractivity contribution is -0.412. The SMILES string of the molecule is O=C(F)C(F)(F)C(F)(F)F.OC(F)(F)C(F)(F)C(F)(F)F. The highest BCUT2D eigenvalue weighted by Crippen LogP contribution is 2.44. The summed E-state index contributed by atoms with van der Waals surface area (Å²) in [6.45, 7) is 0. The molecule has 0 saturated carbocycles. The Balaban J connectivity index is 0. The van der Waals surface area contributed by atoms with Gasteiger partial charge in [-0.25, -0.2) is 0 Å². The number of carbonyl (C=O) groups is 1. The molecule has 1 N–H and O–H groups in total. The van der Waals surface area contributed by atoms with Crippen LogP contribution in [-0.2, 0) is 4.79 Å². The summed E-state index contributed by atoms with van der Waals surface area (Å²) in [7, 11) is 0. The van der Waals surface area contributed by atoms with Crippen LogP contribution in [0.25, 0.3) is 0 Å². The first-order valence-electron chi connectivity index (χ1n) is 3.88. The van der Waals surface area contributed by atoms with E-state index in [0.29, 0.717) is 0 Å². The molecule has 0 aromatic carbocycles. The molecule has 0 unspecified atom stereocenters. The van der Waals surface area contributed by atoms with E-state index in [1.165, 1.54) is 0 Å². The molecule has 0 spiro atoms. The van der Waals surface area contributed by atoms with Gasteiger partial charge in [-0.3, -0.25) is 4.79 Å². The van der Waals surface area contributed by atoms with Crippen molar-refractivity contribution in [3.05, 3.63) is 0 Å². The minimum atomic E-state index is -6.45. The zero-order chi connectivity index (χ0) is 18.1. The average molecular weight is 352 g/mol. The van der Waals surface area contributed by atoms with E-state index in [9.17, 15) is 57.1 Å². The monoisotopic (exact) mass is 352 g/mol. The summed E-state index contributed by atoms with van der Waals surface area (Å²) in [5.74, 6) is -12.3. The Morgan fingerprint density at radius 3 is 0.952 bits per heavy atom. The zero-order valence-electron chi connectivity index (χ0n) is 8.77. The maximum atomic E-state index is 11.3. The van der Waals surface area contributed by atoms with Gasteiger partial charge in [-0.1, -0.05) is 0 Å². The molecule has 128 valence electrons. The van der Waals surface area contributed by atoms with E-state index in [-0.39, 0.29) is 0 Å². The molecule has 0 rings (SSSR count). The van der Waals surface area contributed by atoms with Gasteiger partial charge in [0.2, 0.25) is 0 Å². The minimum Gasteiger partial charge on any atom is -0.331 e. The lowest BCUT2D eigenvalue weighted by Crippen LogP contribution is -2.51. The maximum Gasteiger partial charge on any atom is 0.464 e. The molecule has 0 radical (unpaired) electrons. The molecule has 0 saturated heterocycles. The van der Waals surface area contributed by atoms with Crippen molar-refractivity contribution in [1.82, 2.24) is 0 Å². The van der Waals surface area contributed by atoms with E-state index in [0.717, 1.165) is 0 Å². The Morgan fingerprint density at radius 2 is 0.952 bits per heavy atom. The predicted molar refractivity (Wildman–Crippen MR) is 35.3 cm³/mol. The molecule has 21 heavy (non-hydrogen) atoms. The molecule has 0 aromatic heterocycles. The predicted octanol–water partition coefficient (Wildman–Crippen LogP) is 3.45. The normalized spacial score (nSPS) is 14.4. The highest BCUT2D eigenvalue weighted by atomic mass is 19.4. The first-order chi connectivity index (χ1) is 8.69. The smallest absolute Gasteiger partial charge is 0.331 e. The second-order valence-corrected chi connectivity index (χ2v) is 2.96. The summed E-state index contributed by atoms with van der Waals surface area (Å²) in [4.78, 5) is 8.98. The van der Waals surface area contributed by atoms with E-state index in [1.54, 1.807) is 0 Å². The number of carbonyl (C=O) groups excluding carboxylic acids is 1. The van der Waals surface area contributed by atoms with Gasteiger partial charge in [-0.15, -0.1) is 0 Å². The fourth-order valence-corrected chi connectivity index (χ4v) is 0.282. The molecule has 0 amide bonds. The second kappa shape index (κ2) is 5.84. The molecule has 0 aliphatic carbocycles. The van der Waals surface area contributed by atoms with Crippen molar-refractivity contribution in [3.8, 4) is 0 Å². The lowest BCUT2D eigenvalue weighted by atomic mass is 10.3. The van der Waals surface area contributed by atoms with E-state index < -0.39 is 36.3 Å². The topological polar surface area (TPSA) is 37.3 Å². The van der Waals surface area contributed by atoms with Crippen LogP contribution in [0, 0.1) is 0 Å². The zero-order valence-corrected chi connectivity index (χ0v) is 8.77. The van der Waals surface area contributed by atoms with Crippen LogP contribution in [0.4, 0.5) is 57.1 Å². The molecule has 0 fully saturated rings. The lowest BCUT2D eigenvalue weighted by Gasteiger charge is -2.23. The Labute approximate surface area is 105 Å². The third kappa shape index (κ3) is 5.20. The van der Waals surface area contributed by atoms with E-state index in [2.05, 4.69) is 0 Å². The van der Waals surface area contributed by atoms with Crippen LogP contribution in [0.1, 0.15) is 0 Å². The summed E-state index contributed by atoms with van der Waals surface area (Å²) in [5.41, 5.74) is 0. The summed E-state index contributed by atoms with van der Waals surface area (Å²) in [5, 5.41) is 7.08. The van der Waals surface area contributed by atoms with Gasteiger partial charge < -0.3 is 5.11 Å². The maximum absolute atomic E-state index is 11.3. The van der Waals surface area contributed by atoms with Crippen LogP contribution in [0.15, 0.2) is 0 Å². The van der Waals surface area contributed by atoms with Gasteiger partial charge in [0, 0.05) is 0 Å². The second-order valence-electron chi connectivity index (χ2n) is 2.96. The van der Waals surface area contributed by atoms with Crippen LogP contribution in [-0.4, -0.2) is 41.4 Å². The summed E-state index contributed by atoms with van der Waals surface area (Å²) >= 11 is 0. The summed E-state index contributed by atoms with van der Waals surface area (Å²) < 4.78 is 144. The van der Waals surface area contributed by atoms with Gasteiger partial charge in [0.05, 0.1) is 0 Å². The highest BCUT2D eigenvalue weighted by Gasteiger charge is 2.73. The van der Waals surface area contributed by atoms with Crippen molar-refractivity contribution in [3.63, 3.8) is 0 Å². The quantitative estimate of drug-likeness (QED) is 0.611. The molecule has 0 aliphatic rings. The van der Waals surface area contributed by atoms with Crippen molar-refractivity contribution in [2.24, 2.45) is 0 Å². The van der Waals surface area contributed by atoms with Crippen LogP contribution < -0.4 is 0 Å². The molecule has 0 atom stereocenters. The fourth-order valence-electron chi connectivity index (χ4n) is 0.282. The first kappa shape index (κ1) is 22.0. The average Bonchev–Trinajstić information content (AvgIpc) is 2.12. The molecule has 0 heterocycles. The van der Waals surface area contributed by atoms with Crippen molar-refractivity contribution < 1.29 is 67.0 Å². The van der Waals surface area contributed by atoms with Crippen molar-refractivity contribution in [2.75, 3.05) is 0 Å². The standard InChI is InChI=1S/C3HF7O.C3F6O/c4-1(5,2(6,7)8)3(9,10)11;4-1(10)2(5,6)3(7,8)9/h11H;. The van der Waals surface area contributed by atoms with Crippen LogP contribution in [0.3, 0.4) is 0 Å². The van der Waals surface area contributed by atoms with Crippen molar-refractivity contribution in [1.29, 1.82) is 0 Å². The van der Waals surface area contributed by atoms with Gasteiger partial charge in [-0.2, -0.15) is 57.1 Å². The van der Waals surface area contributed by atoms with Gasteiger partial charge in [0.25, 0.3) is 0 Å². The molecule has 15 heteroatoms. The Morgan fingerprint density at radius 1 is 0.667 bits per heavy atom. The fraction of sp³-hybridized carbons (Fsp3) is 0.833. The van der Waals surface area contributed by atoms with E-state index in [4.69, 9.17) is 9.90 Å². The molecule has 0 aromatic rings. The molecular formula is C6HF13O2. The molecule has 0 aliphatic heterocycles. The highest BCUT2D eigenvalue weighted by molar-refractivity contribution is 5.77. The minimum absolute atomic E-state index is 3.69. The van der Waals surface area contributed by atoms with Crippen molar-refractivity contribution in [2.45, 2.75) is 30.3 Å². The van der Waals surface area contributed by atoms with E-state index >= 15 is 0 Å². The van der Waals surface area contributed by atoms with Crippen LogP contribution in [0.2, 0.25) is 0 Å². The van der Waals surface area contributed by atoms with Gasteiger partial charge in [0.15, 0.2) is 0 Å². The molecular weight excluding hydrogens is 351 g/mol. The Hall–Kier alpha value is -1.28. The van der Waals surface area contributed by atoms with Crippen LogP contribution >= 0.6 is 0 Å². The molecule has 2 nitrogen and oxygen atoms in total. The Kier molecular flexibility index (Phi) is 6.12. The Bertz CT molecular complexity index is 342. The first-order valence-corrected chi connectivity index (χ1v) is 3.88. The van der Waals surface area contributed by atoms with Gasteiger partial charge in [0.1, 0.15) is 0 Å². The van der Waals surface area contributed by atoms with Crippen molar-refractivity contribution >= 4 is 6.04 Å². The third-order valence-electron chi connectivity index (χ3n) is 1.34. The van der Waals surface area contributed by atoms with Crippen LogP contribution in [0.5, 0.6) is 0 Å². The van der Waals surface area contributed by atoms with Gasteiger partial charge in [-0.05, 0) is 0 Å². The largest absolute Gasteiger partial charge is 0.464 e. The number of hydrogen-bond acceptors (Lipinski definition) is 2. The number of alkyl halides is 12. The number of hydrogen-bond donors (Lipinski definition) is 1. The third-order valence-corrected chi connectivity index (χ3v) is 1.34. The van der Waals surface area contributed by atoms with Gasteiger partial charge >= 0.3 is 36.3 Å². The van der Waals surface area contributed by atoms with E-state index in [1.807, 2.05) is 0 Å².